The lowest BCUT2D eigenvalue weighted by Gasteiger charge is -2.32. The van der Waals surface area contributed by atoms with Gasteiger partial charge in [0.25, 0.3) is 0 Å². The molecular formula is C16H27FN2. The van der Waals surface area contributed by atoms with Crippen molar-refractivity contribution >= 4 is 5.69 Å². The maximum absolute atomic E-state index is 13.4. The summed E-state index contributed by atoms with van der Waals surface area (Å²) in [5.74, 6) is -0.215. The molecule has 2 nitrogen and oxygen atoms in total. The highest BCUT2D eigenvalue weighted by Crippen LogP contribution is 2.28. The van der Waals surface area contributed by atoms with Crippen LogP contribution in [-0.2, 0) is 0 Å². The summed E-state index contributed by atoms with van der Waals surface area (Å²) in [6.07, 6.45) is 3.58. The van der Waals surface area contributed by atoms with E-state index in [-0.39, 0.29) is 11.9 Å². The number of hydrogen-bond donors (Lipinski definition) is 1. The van der Waals surface area contributed by atoms with E-state index < -0.39 is 0 Å². The minimum Gasteiger partial charge on any atom is -0.369 e. The number of anilines is 1. The summed E-state index contributed by atoms with van der Waals surface area (Å²) in [4.78, 5) is 2.33. The molecule has 0 spiro atoms. The molecule has 2 N–H and O–H groups in total. The van der Waals surface area contributed by atoms with Gasteiger partial charge < -0.3 is 10.6 Å². The average molecular weight is 266 g/mol. The number of nitrogens with zero attached hydrogens (tertiary/aromatic N) is 1. The van der Waals surface area contributed by atoms with Gasteiger partial charge in [-0.3, -0.25) is 0 Å². The van der Waals surface area contributed by atoms with Crippen molar-refractivity contribution in [1.82, 2.24) is 0 Å². The van der Waals surface area contributed by atoms with E-state index in [1.165, 1.54) is 18.9 Å². The van der Waals surface area contributed by atoms with Crippen LogP contribution in [0.3, 0.4) is 0 Å². The van der Waals surface area contributed by atoms with E-state index in [2.05, 4.69) is 25.7 Å². The molecule has 108 valence electrons. The molecule has 0 aliphatic heterocycles. The first kappa shape index (κ1) is 16.0. The van der Waals surface area contributed by atoms with Crippen LogP contribution in [0.25, 0.3) is 0 Å². The van der Waals surface area contributed by atoms with Crippen molar-refractivity contribution in [3.63, 3.8) is 0 Å². The zero-order chi connectivity index (χ0) is 14.4. The molecule has 0 bridgehead atoms. The molecule has 19 heavy (non-hydrogen) atoms. The largest absolute Gasteiger partial charge is 0.369 e. The molecule has 0 saturated carbocycles. The van der Waals surface area contributed by atoms with Crippen LogP contribution in [0.5, 0.6) is 0 Å². The summed E-state index contributed by atoms with van der Waals surface area (Å²) >= 11 is 0. The molecule has 0 saturated heterocycles. The number of unbranched alkanes of at least 4 members (excludes halogenated alkanes) is 2. The Kier molecular flexibility index (Phi) is 6.29. The predicted molar refractivity (Wildman–Crippen MR) is 81.0 cm³/mol. The number of rotatable bonds is 7. The van der Waals surface area contributed by atoms with Gasteiger partial charge in [-0.25, -0.2) is 4.39 Å². The SMILES string of the molecule is CCCCCN(c1ccc(F)cc1[C@H](C)N)C(C)C. The quantitative estimate of drug-likeness (QED) is 0.747. The number of nitrogens with two attached hydrogens (primary N) is 1. The number of benzene rings is 1. The van der Waals surface area contributed by atoms with Crippen molar-refractivity contribution in [3.05, 3.63) is 29.6 Å². The van der Waals surface area contributed by atoms with E-state index >= 15 is 0 Å². The van der Waals surface area contributed by atoms with Gasteiger partial charge in [-0.05, 0) is 51.0 Å². The van der Waals surface area contributed by atoms with Crippen molar-refractivity contribution in [2.24, 2.45) is 5.73 Å². The smallest absolute Gasteiger partial charge is 0.123 e. The maximum Gasteiger partial charge on any atom is 0.123 e. The lowest BCUT2D eigenvalue weighted by Crippen LogP contribution is -2.33. The molecule has 0 aliphatic carbocycles. The van der Waals surface area contributed by atoms with Crippen molar-refractivity contribution in [2.45, 2.75) is 59.0 Å². The molecule has 3 heteroatoms. The summed E-state index contributed by atoms with van der Waals surface area (Å²) in [5, 5.41) is 0. The Labute approximate surface area is 116 Å². The maximum atomic E-state index is 13.4. The third-order valence-corrected chi connectivity index (χ3v) is 3.42. The van der Waals surface area contributed by atoms with Crippen LogP contribution in [-0.4, -0.2) is 12.6 Å². The molecule has 0 unspecified atom stereocenters. The highest BCUT2D eigenvalue weighted by Gasteiger charge is 2.16. The Bertz CT molecular complexity index is 388. The Morgan fingerprint density at radius 1 is 1.21 bits per heavy atom. The Hall–Kier alpha value is -1.09. The molecule has 1 rings (SSSR count). The van der Waals surface area contributed by atoms with Gasteiger partial charge in [0.05, 0.1) is 0 Å². The molecule has 0 heterocycles. The molecule has 0 aromatic heterocycles. The van der Waals surface area contributed by atoms with Crippen molar-refractivity contribution in [3.8, 4) is 0 Å². The normalized spacial score (nSPS) is 12.8. The molecule has 0 fully saturated rings. The van der Waals surface area contributed by atoms with E-state index in [0.29, 0.717) is 6.04 Å². The molecule has 1 atom stereocenters. The minimum atomic E-state index is -0.215. The Morgan fingerprint density at radius 2 is 1.89 bits per heavy atom. The second-order valence-electron chi connectivity index (χ2n) is 5.49. The monoisotopic (exact) mass is 266 g/mol. The Balaban J connectivity index is 3.01. The fourth-order valence-electron chi connectivity index (χ4n) is 2.34. The van der Waals surface area contributed by atoms with Crippen molar-refractivity contribution in [1.29, 1.82) is 0 Å². The van der Waals surface area contributed by atoms with Gasteiger partial charge in [0.15, 0.2) is 0 Å². The lowest BCUT2D eigenvalue weighted by molar-refractivity contribution is 0.607. The van der Waals surface area contributed by atoms with E-state index in [4.69, 9.17) is 5.73 Å². The van der Waals surface area contributed by atoms with Crippen LogP contribution < -0.4 is 10.6 Å². The third-order valence-electron chi connectivity index (χ3n) is 3.42. The topological polar surface area (TPSA) is 29.3 Å². The summed E-state index contributed by atoms with van der Waals surface area (Å²) in [7, 11) is 0. The van der Waals surface area contributed by atoms with Crippen LogP contribution in [0.2, 0.25) is 0 Å². The fourth-order valence-corrected chi connectivity index (χ4v) is 2.34. The first-order valence-electron chi connectivity index (χ1n) is 7.29. The first-order valence-corrected chi connectivity index (χ1v) is 7.29. The van der Waals surface area contributed by atoms with Crippen molar-refractivity contribution in [2.75, 3.05) is 11.4 Å². The first-order chi connectivity index (χ1) is 8.97. The van der Waals surface area contributed by atoms with Crippen LogP contribution >= 0.6 is 0 Å². The molecule has 0 aliphatic rings. The van der Waals surface area contributed by atoms with Gasteiger partial charge in [-0.2, -0.15) is 0 Å². The number of hydrogen-bond acceptors (Lipinski definition) is 2. The highest BCUT2D eigenvalue weighted by molar-refractivity contribution is 5.55. The van der Waals surface area contributed by atoms with E-state index in [1.54, 1.807) is 6.07 Å². The highest BCUT2D eigenvalue weighted by atomic mass is 19.1. The second-order valence-corrected chi connectivity index (χ2v) is 5.49. The van der Waals surface area contributed by atoms with Crippen molar-refractivity contribution < 1.29 is 4.39 Å². The van der Waals surface area contributed by atoms with Crippen LogP contribution in [0.1, 0.15) is 58.6 Å². The standard InChI is InChI=1S/C16H27FN2/c1-5-6-7-10-19(12(2)3)16-9-8-14(17)11-15(16)13(4)18/h8-9,11-13H,5-7,10,18H2,1-4H3/t13-/m0/s1. The van der Waals surface area contributed by atoms with Crippen LogP contribution in [0.15, 0.2) is 18.2 Å². The van der Waals surface area contributed by atoms with E-state index in [0.717, 1.165) is 24.2 Å². The summed E-state index contributed by atoms with van der Waals surface area (Å²) in [6, 6.07) is 5.18. The van der Waals surface area contributed by atoms with Gasteiger partial charge in [0.2, 0.25) is 0 Å². The van der Waals surface area contributed by atoms with Gasteiger partial charge in [-0.15, -0.1) is 0 Å². The minimum absolute atomic E-state index is 0.155. The van der Waals surface area contributed by atoms with E-state index in [1.807, 2.05) is 13.0 Å². The molecule has 0 amide bonds. The fraction of sp³-hybridized carbons (Fsp3) is 0.625. The number of halogens is 1. The molecule has 0 radical (unpaired) electrons. The molecular weight excluding hydrogens is 239 g/mol. The van der Waals surface area contributed by atoms with Crippen LogP contribution in [0.4, 0.5) is 10.1 Å². The Morgan fingerprint density at radius 3 is 2.42 bits per heavy atom. The lowest BCUT2D eigenvalue weighted by atomic mass is 10.0. The second kappa shape index (κ2) is 7.49. The average Bonchev–Trinajstić information content (AvgIpc) is 2.35. The van der Waals surface area contributed by atoms with Gasteiger partial charge in [-0.1, -0.05) is 19.8 Å². The predicted octanol–water partition coefficient (Wildman–Crippen LogP) is 4.25. The van der Waals surface area contributed by atoms with Crippen LogP contribution in [0, 0.1) is 5.82 Å². The molecule has 1 aromatic carbocycles. The summed E-state index contributed by atoms with van der Waals surface area (Å²) in [6.45, 7) is 9.44. The van der Waals surface area contributed by atoms with Gasteiger partial charge >= 0.3 is 0 Å². The van der Waals surface area contributed by atoms with Gasteiger partial charge in [0.1, 0.15) is 5.82 Å². The zero-order valence-corrected chi connectivity index (χ0v) is 12.6. The van der Waals surface area contributed by atoms with E-state index in [9.17, 15) is 4.39 Å². The summed E-state index contributed by atoms with van der Waals surface area (Å²) < 4.78 is 13.4. The van der Waals surface area contributed by atoms with Gasteiger partial charge in [0, 0.05) is 24.3 Å². The third kappa shape index (κ3) is 4.50. The molecule has 1 aromatic rings. The summed E-state index contributed by atoms with van der Waals surface area (Å²) in [5.41, 5.74) is 7.95. The zero-order valence-electron chi connectivity index (χ0n) is 12.6.